The number of carbonyl (C=O) groups excluding carboxylic acids is 1. The number of benzene rings is 1. The monoisotopic (exact) mass is 375 g/mol. The number of amides is 1. The normalized spacial score (nSPS) is 16.6. The highest BCUT2D eigenvalue weighted by Crippen LogP contribution is 2.21. The summed E-state index contributed by atoms with van der Waals surface area (Å²) < 4.78 is 26.7. The first kappa shape index (κ1) is 18.7. The molecule has 0 saturated carbocycles. The van der Waals surface area contributed by atoms with Crippen molar-refractivity contribution in [3.05, 3.63) is 53.3 Å². The van der Waals surface area contributed by atoms with E-state index in [1.54, 1.807) is 0 Å². The lowest BCUT2D eigenvalue weighted by Crippen LogP contribution is -2.46. The van der Waals surface area contributed by atoms with E-state index in [4.69, 9.17) is 0 Å². The molecule has 1 aliphatic rings. The molecule has 0 radical (unpaired) electrons. The van der Waals surface area contributed by atoms with Crippen molar-refractivity contribution in [3.63, 3.8) is 0 Å². The summed E-state index contributed by atoms with van der Waals surface area (Å²) in [6.45, 7) is 4.84. The molecule has 2 heterocycles. The highest BCUT2D eigenvalue weighted by Gasteiger charge is 2.27. The number of rotatable bonds is 4. The van der Waals surface area contributed by atoms with Crippen molar-refractivity contribution in [3.8, 4) is 5.69 Å². The van der Waals surface area contributed by atoms with Gasteiger partial charge < -0.3 is 9.88 Å². The minimum Gasteiger partial charge on any atom is -0.349 e. The first-order chi connectivity index (χ1) is 12.3. The van der Waals surface area contributed by atoms with Gasteiger partial charge in [0.2, 0.25) is 10.0 Å². The van der Waals surface area contributed by atoms with Crippen molar-refractivity contribution >= 4 is 15.9 Å². The van der Waals surface area contributed by atoms with Crippen LogP contribution in [0.4, 0.5) is 0 Å². The van der Waals surface area contributed by atoms with Crippen molar-refractivity contribution in [1.82, 2.24) is 14.2 Å². The van der Waals surface area contributed by atoms with Gasteiger partial charge in [0.1, 0.15) is 0 Å². The second-order valence-electron chi connectivity index (χ2n) is 6.87. The van der Waals surface area contributed by atoms with Crippen molar-refractivity contribution < 1.29 is 13.2 Å². The predicted octanol–water partition coefficient (Wildman–Crippen LogP) is 2.25. The molecular formula is C19H25N3O3S. The number of nitrogens with one attached hydrogen (secondary N) is 1. The first-order valence-electron chi connectivity index (χ1n) is 8.77. The Kier molecular flexibility index (Phi) is 5.20. The maximum atomic E-state index is 12.8. The Morgan fingerprint density at radius 1 is 1.12 bits per heavy atom. The van der Waals surface area contributed by atoms with Crippen LogP contribution in [-0.2, 0) is 10.0 Å². The van der Waals surface area contributed by atoms with Crippen molar-refractivity contribution in [2.75, 3.05) is 19.3 Å². The Morgan fingerprint density at radius 2 is 1.73 bits per heavy atom. The Bertz CT molecular complexity index is 896. The maximum Gasteiger partial charge on any atom is 0.253 e. The van der Waals surface area contributed by atoms with Crippen LogP contribution in [0.2, 0.25) is 0 Å². The third-order valence-electron chi connectivity index (χ3n) is 4.95. The molecule has 0 bridgehead atoms. The number of piperidine rings is 1. The van der Waals surface area contributed by atoms with E-state index in [1.165, 1.54) is 10.6 Å². The smallest absolute Gasteiger partial charge is 0.253 e. The molecule has 1 N–H and O–H groups in total. The molecule has 1 aliphatic heterocycles. The van der Waals surface area contributed by atoms with Gasteiger partial charge in [0.25, 0.3) is 5.91 Å². The second kappa shape index (κ2) is 7.25. The van der Waals surface area contributed by atoms with Crippen molar-refractivity contribution in [1.29, 1.82) is 0 Å². The molecule has 0 spiro atoms. The van der Waals surface area contributed by atoms with Gasteiger partial charge in [-0.25, -0.2) is 12.7 Å². The molecule has 7 heteroatoms. The molecule has 0 unspecified atom stereocenters. The van der Waals surface area contributed by atoms with Gasteiger partial charge in [0.15, 0.2) is 0 Å². The average molecular weight is 375 g/mol. The van der Waals surface area contributed by atoms with Crippen LogP contribution in [0.3, 0.4) is 0 Å². The van der Waals surface area contributed by atoms with Crippen LogP contribution in [0.25, 0.3) is 5.69 Å². The Balaban J connectivity index is 1.72. The fraction of sp³-hybridized carbons (Fsp3) is 0.421. The lowest BCUT2D eigenvalue weighted by molar-refractivity contribution is 0.0923. The quantitative estimate of drug-likeness (QED) is 0.891. The third-order valence-corrected chi connectivity index (χ3v) is 6.25. The molecule has 1 fully saturated rings. The number of aromatic nitrogens is 1. The lowest BCUT2D eigenvalue weighted by atomic mass is 10.1. The van der Waals surface area contributed by atoms with Gasteiger partial charge in [0, 0.05) is 36.2 Å². The molecule has 26 heavy (non-hydrogen) atoms. The van der Waals surface area contributed by atoms with Crippen LogP contribution in [0.5, 0.6) is 0 Å². The Morgan fingerprint density at radius 3 is 2.31 bits per heavy atom. The highest BCUT2D eigenvalue weighted by molar-refractivity contribution is 7.88. The van der Waals surface area contributed by atoms with E-state index >= 15 is 0 Å². The van der Waals surface area contributed by atoms with E-state index in [0.29, 0.717) is 31.5 Å². The number of hydrogen-bond acceptors (Lipinski definition) is 3. The number of aryl methyl sites for hydroxylation is 1. The minimum atomic E-state index is -3.15. The van der Waals surface area contributed by atoms with Gasteiger partial charge in [-0.1, -0.05) is 18.2 Å². The van der Waals surface area contributed by atoms with Crippen LogP contribution >= 0.6 is 0 Å². The zero-order chi connectivity index (χ0) is 18.9. The molecule has 1 amide bonds. The summed E-state index contributed by atoms with van der Waals surface area (Å²) in [5, 5.41) is 3.07. The summed E-state index contributed by atoms with van der Waals surface area (Å²) >= 11 is 0. The molecule has 0 atom stereocenters. The summed E-state index contributed by atoms with van der Waals surface area (Å²) in [5.74, 6) is -0.0990. The van der Waals surface area contributed by atoms with E-state index in [2.05, 4.69) is 9.88 Å². The van der Waals surface area contributed by atoms with Crippen molar-refractivity contribution in [2.45, 2.75) is 32.7 Å². The topological polar surface area (TPSA) is 71.4 Å². The summed E-state index contributed by atoms with van der Waals surface area (Å²) in [6.07, 6.45) is 2.50. The largest absolute Gasteiger partial charge is 0.349 e. The number of nitrogens with zero attached hydrogens (tertiary/aromatic N) is 2. The fourth-order valence-electron chi connectivity index (χ4n) is 3.56. The standard InChI is InChI=1S/C19H25N3O3S/c1-14-13-18(15(2)22(14)17-7-5-4-6-8-17)19(23)20-16-9-11-21(12-10-16)26(3,24)25/h4-8,13,16H,9-12H2,1-3H3,(H,20,23). The maximum absolute atomic E-state index is 12.8. The molecule has 1 saturated heterocycles. The molecule has 1 aromatic carbocycles. The van der Waals surface area contributed by atoms with E-state index in [0.717, 1.165) is 17.1 Å². The molecule has 140 valence electrons. The Hall–Kier alpha value is -2.12. The molecule has 2 aromatic rings. The average Bonchev–Trinajstić information content (AvgIpc) is 2.90. The van der Waals surface area contributed by atoms with Crippen LogP contribution in [0, 0.1) is 13.8 Å². The predicted molar refractivity (Wildman–Crippen MR) is 102 cm³/mol. The van der Waals surface area contributed by atoms with E-state index in [-0.39, 0.29) is 11.9 Å². The van der Waals surface area contributed by atoms with Gasteiger partial charge in [0.05, 0.1) is 11.8 Å². The molecule has 3 rings (SSSR count). The van der Waals surface area contributed by atoms with Crippen molar-refractivity contribution in [2.24, 2.45) is 0 Å². The summed E-state index contributed by atoms with van der Waals surface area (Å²) in [4.78, 5) is 12.8. The highest BCUT2D eigenvalue weighted by atomic mass is 32.2. The zero-order valence-electron chi connectivity index (χ0n) is 15.4. The number of para-hydroxylation sites is 1. The van der Waals surface area contributed by atoms with Gasteiger partial charge in [-0.15, -0.1) is 0 Å². The molecule has 0 aliphatic carbocycles. The van der Waals surface area contributed by atoms with E-state index < -0.39 is 10.0 Å². The molecule has 1 aromatic heterocycles. The van der Waals surface area contributed by atoms with E-state index in [9.17, 15) is 13.2 Å². The van der Waals surface area contributed by atoms with Crippen LogP contribution < -0.4 is 5.32 Å². The minimum absolute atomic E-state index is 0.000261. The van der Waals surface area contributed by atoms with E-state index in [1.807, 2.05) is 50.2 Å². The zero-order valence-corrected chi connectivity index (χ0v) is 16.2. The van der Waals surface area contributed by atoms with Gasteiger partial charge >= 0.3 is 0 Å². The molecule has 6 nitrogen and oxygen atoms in total. The van der Waals surface area contributed by atoms with Crippen LogP contribution in [-0.4, -0.2) is 48.6 Å². The van der Waals surface area contributed by atoms with Gasteiger partial charge in [-0.3, -0.25) is 4.79 Å². The third kappa shape index (κ3) is 3.83. The fourth-order valence-corrected chi connectivity index (χ4v) is 4.44. The summed E-state index contributed by atoms with van der Waals surface area (Å²) in [6, 6.07) is 11.9. The number of sulfonamides is 1. The summed E-state index contributed by atoms with van der Waals surface area (Å²) in [5.41, 5.74) is 3.60. The van der Waals surface area contributed by atoms with Crippen LogP contribution in [0.1, 0.15) is 34.6 Å². The summed E-state index contributed by atoms with van der Waals surface area (Å²) in [7, 11) is -3.15. The number of carbonyl (C=O) groups is 1. The van der Waals surface area contributed by atoms with Gasteiger partial charge in [-0.05, 0) is 44.9 Å². The second-order valence-corrected chi connectivity index (χ2v) is 8.85. The van der Waals surface area contributed by atoms with Crippen LogP contribution in [0.15, 0.2) is 36.4 Å². The Labute approximate surface area is 154 Å². The molecular weight excluding hydrogens is 350 g/mol. The lowest BCUT2D eigenvalue weighted by Gasteiger charge is -2.30. The van der Waals surface area contributed by atoms with Gasteiger partial charge in [-0.2, -0.15) is 0 Å². The number of hydrogen-bond donors (Lipinski definition) is 1. The first-order valence-corrected chi connectivity index (χ1v) is 10.6. The SMILES string of the molecule is Cc1cc(C(=O)NC2CCN(S(C)(=O)=O)CC2)c(C)n1-c1ccccc1.